The zero-order valence-electron chi connectivity index (χ0n) is 6.52. The van der Waals surface area contributed by atoms with Crippen LogP contribution in [0.5, 0.6) is 5.75 Å². The number of methoxy groups -OCH3 is 1. The number of halogens is 1. The van der Waals surface area contributed by atoms with Gasteiger partial charge >= 0.3 is 0 Å². The Labute approximate surface area is 73.3 Å². The topological polar surface area (TPSA) is 9.23 Å². The molecule has 0 aliphatic heterocycles. The van der Waals surface area contributed by atoms with Crippen molar-refractivity contribution in [1.29, 1.82) is 0 Å². The molecule has 0 aliphatic carbocycles. The Kier molecular flexibility index (Phi) is 3.16. The first-order valence-electron chi connectivity index (χ1n) is 3.30. The number of hydrogen-bond donors (Lipinski definition) is 0. The molecule has 3 heteroatoms. The lowest BCUT2D eigenvalue weighted by molar-refractivity contribution is 0.415. The van der Waals surface area contributed by atoms with Crippen LogP contribution in [-0.4, -0.2) is 7.11 Å². The Morgan fingerprint density at radius 2 is 2.18 bits per heavy atom. The van der Waals surface area contributed by atoms with Crippen LogP contribution in [0.4, 0.5) is 0 Å². The minimum Gasteiger partial charge on any atom is -0.496 e. The summed E-state index contributed by atoms with van der Waals surface area (Å²) < 4.78 is 5.19. The molecule has 11 heavy (non-hydrogen) atoms. The van der Waals surface area contributed by atoms with Gasteiger partial charge in [-0.3, -0.25) is 0 Å². The molecule has 0 bridgehead atoms. The van der Waals surface area contributed by atoms with Gasteiger partial charge in [0.25, 0.3) is 0 Å². The highest BCUT2D eigenvalue weighted by Gasteiger charge is 2.02. The maximum atomic E-state index is 5.73. The zero-order valence-corrected chi connectivity index (χ0v) is 8.27. The smallest absolute Gasteiger partial charge is 0.130 e. The summed E-state index contributed by atoms with van der Waals surface area (Å²) in [5, 5.41) is 1.08. The lowest BCUT2D eigenvalue weighted by atomic mass is 10.2. The van der Waals surface area contributed by atoms with Crippen LogP contribution < -0.4 is 10.0 Å². The molecule has 1 nitrogen and oxygen atoms in total. The fourth-order valence-electron chi connectivity index (χ4n) is 0.998. The summed E-state index contributed by atoms with van der Waals surface area (Å²) in [6, 6.07) is 5.99. The number of rotatable bonds is 2. The molecule has 0 heterocycles. The number of aryl methyl sites for hydroxylation is 1. The van der Waals surface area contributed by atoms with Crippen molar-refractivity contribution < 1.29 is 4.74 Å². The minimum atomic E-state index is 0.279. The van der Waals surface area contributed by atoms with Crippen LogP contribution in [0.3, 0.4) is 0 Å². The number of ether oxygens (including phenoxy) is 1. The normalized spacial score (nSPS) is 10.8. The van der Waals surface area contributed by atoms with Gasteiger partial charge in [0.1, 0.15) is 5.75 Å². The molecule has 0 radical (unpaired) electrons. The van der Waals surface area contributed by atoms with E-state index in [1.807, 2.05) is 25.1 Å². The van der Waals surface area contributed by atoms with E-state index in [4.69, 9.17) is 16.0 Å². The van der Waals surface area contributed by atoms with Crippen LogP contribution in [0, 0.1) is 6.92 Å². The molecule has 0 fully saturated rings. The fourth-order valence-corrected chi connectivity index (χ4v) is 1.99. The van der Waals surface area contributed by atoms with E-state index in [-0.39, 0.29) is 7.93 Å². The van der Waals surface area contributed by atoms with Gasteiger partial charge in [-0.25, -0.2) is 0 Å². The van der Waals surface area contributed by atoms with E-state index in [1.165, 1.54) is 0 Å². The van der Waals surface area contributed by atoms with E-state index in [1.54, 1.807) is 7.11 Å². The highest BCUT2D eigenvalue weighted by atomic mass is 35.7. The monoisotopic (exact) mass is 188 g/mol. The lowest BCUT2D eigenvalue weighted by Crippen LogP contribution is -2.00. The molecule has 1 rings (SSSR count). The molecule has 1 unspecified atom stereocenters. The molecule has 0 aliphatic rings. The van der Waals surface area contributed by atoms with E-state index in [2.05, 4.69) is 0 Å². The largest absolute Gasteiger partial charge is 0.496 e. The van der Waals surface area contributed by atoms with Crippen LogP contribution >= 0.6 is 19.2 Å². The van der Waals surface area contributed by atoms with Crippen molar-refractivity contribution in [3.8, 4) is 5.75 Å². The van der Waals surface area contributed by atoms with E-state index in [0.29, 0.717) is 0 Å². The second kappa shape index (κ2) is 3.94. The van der Waals surface area contributed by atoms with Crippen molar-refractivity contribution in [2.24, 2.45) is 0 Å². The zero-order chi connectivity index (χ0) is 8.27. The fraction of sp³-hybridized carbons (Fsp3) is 0.250. The molecule has 60 valence electrons. The molecule has 0 N–H and O–H groups in total. The van der Waals surface area contributed by atoms with Crippen molar-refractivity contribution in [1.82, 2.24) is 0 Å². The Balaban J connectivity index is 3.13. The van der Waals surface area contributed by atoms with E-state index < -0.39 is 0 Å². The first-order valence-corrected chi connectivity index (χ1v) is 5.31. The SMILES string of the molecule is COc1c(C)cccc1PCl. The molecular weight excluding hydrogens is 179 g/mol. The molecule has 0 aromatic heterocycles. The third kappa shape index (κ3) is 1.85. The van der Waals surface area contributed by atoms with Crippen molar-refractivity contribution in [2.45, 2.75) is 6.92 Å². The maximum Gasteiger partial charge on any atom is 0.130 e. The molecule has 1 aromatic carbocycles. The van der Waals surface area contributed by atoms with Crippen LogP contribution in [0.15, 0.2) is 18.2 Å². The van der Waals surface area contributed by atoms with Crippen LogP contribution in [-0.2, 0) is 0 Å². The summed E-state index contributed by atoms with van der Waals surface area (Å²) in [7, 11) is 1.95. The molecule has 1 atom stereocenters. The Morgan fingerprint density at radius 3 is 2.64 bits per heavy atom. The molecule has 0 spiro atoms. The van der Waals surface area contributed by atoms with Gasteiger partial charge in [-0.2, -0.15) is 0 Å². The van der Waals surface area contributed by atoms with Crippen molar-refractivity contribution in [3.05, 3.63) is 23.8 Å². The quantitative estimate of drug-likeness (QED) is 0.648. The summed E-state index contributed by atoms with van der Waals surface area (Å²) in [5.41, 5.74) is 1.14. The van der Waals surface area contributed by atoms with Gasteiger partial charge in [0.15, 0.2) is 0 Å². The first kappa shape index (κ1) is 8.83. The summed E-state index contributed by atoms with van der Waals surface area (Å²) in [6.07, 6.45) is 0. The molecular formula is C8H10ClOP. The van der Waals surface area contributed by atoms with Gasteiger partial charge in [0.2, 0.25) is 0 Å². The van der Waals surface area contributed by atoms with Gasteiger partial charge < -0.3 is 4.74 Å². The number of para-hydroxylation sites is 1. The highest BCUT2D eigenvalue weighted by Crippen LogP contribution is 2.25. The average Bonchev–Trinajstić information content (AvgIpc) is 2.04. The van der Waals surface area contributed by atoms with Gasteiger partial charge in [-0.15, -0.1) is 0 Å². The Hall–Kier alpha value is -0.260. The first-order chi connectivity index (χ1) is 5.29. The summed E-state index contributed by atoms with van der Waals surface area (Å²) in [6.45, 7) is 2.01. The highest BCUT2D eigenvalue weighted by molar-refractivity contribution is 7.75. The predicted molar refractivity (Wildman–Crippen MR) is 51.5 cm³/mol. The second-order valence-corrected chi connectivity index (χ2v) is 3.54. The standard InChI is InChI=1S/C8H10ClOP/c1-6-4-3-5-7(11-9)8(6)10-2/h3-5,11H,1-2H3. The van der Waals surface area contributed by atoms with E-state index >= 15 is 0 Å². The van der Waals surface area contributed by atoms with Gasteiger partial charge in [0, 0.05) is 13.2 Å². The van der Waals surface area contributed by atoms with Crippen LogP contribution in [0.25, 0.3) is 0 Å². The van der Waals surface area contributed by atoms with Gasteiger partial charge in [-0.1, -0.05) is 23.4 Å². The summed E-state index contributed by atoms with van der Waals surface area (Å²) >= 11 is 5.73. The average molecular weight is 189 g/mol. The van der Waals surface area contributed by atoms with E-state index in [0.717, 1.165) is 16.6 Å². The van der Waals surface area contributed by atoms with Gasteiger partial charge in [0.05, 0.1) is 7.11 Å². The van der Waals surface area contributed by atoms with Crippen molar-refractivity contribution in [2.75, 3.05) is 7.11 Å². The van der Waals surface area contributed by atoms with Crippen LogP contribution in [0.1, 0.15) is 5.56 Å². The maximum absolute atomic E-state index is 5.73. The third-order valence-corrected chi connectivity index (χ3v) is 2.73. The van der Waals surface area contributed by atoms with Crippen molar-refractivity contribution >= 4 is 24.5 Å². The van der Waals surface area contributed by atoms with Crippen molar-refractivity contribution in [3.63, 3.8) is 0 Å². The van der Waals surface area contributed by atoms with E-state index in [9.17, 15) is 0 Å². The Bertz CT molecular complexity index is 250. The summed E-state index contributed by atoms with van der Waals surface area (Å²) in [5.74, 6) is 0.917. The third-order valence-electron chi connectivity index (χ3n) is 1.52. The van der Waals surface area contributed by atoms with Crippen LogP contribution in [0.2, 0.25) is 0 Å². The summed E-state index contributed by atoms with van der Waals surface area (Å²) in [4.78, 5) is 0. The number of hydrogen-bond acceptors (Lipinski definition) is 1. The lowest BCUT2D eigenvalue weighted by Gasteiger charge is -2.07. The second-order valence-electron chi connectivity index (χ2n) is 2.25. The molecule has 0 saturated heterocycles. The van der Waals surface area contributed by atoms with Gasteiger partial charge in [-0.05, 0) is 18.6 Å². The molecule has 0 saturated carbocycles. The minimum absolute atomic E-state index is 0.279. The molecule has 1 aromatic rings. The molecule has 0 amide bonds. The number of benzene rings is 1. The predicted octanol–water partition coefficient (Wildman–Crippen LogP) is 2.46. The Morgan fingerprint density at radius 1 is 1.45 bits per heavy atom.